The van der Waals surface area contributed by atoms with Crippen LogP contribution in [0.3, 0.4) is 0 Å². The summed E-state index contributed by atoms with van der Waals surface area (Å²) in [6.45, 7) is -0.201. The Morgan fingerprint density at radius 1 is 1.37 bits per heavy atom. The molecule has 0 bridgehead atoms. The molecule has 8 heteroatoms. The van der Waals surface area contributed by atoms with Gasteiger partial charge in [0.2, 0.25) is 0 Å². The number of hydrogen-bond donors (Lipinski definition) is 1. The van der Waals surface area contributed by atoms with Gasteiger partial charge in [0.15, 0.2) is 5.03 Å². The minimum Gasteiger partial charge on any atom is -0.335 e. The summed E-state index contributed by atoms with van der Waals surface area (Å²) in [5.74, 6) is -1.49. The van der Waals surface area contributed by atoms with Gasteiger partial charge in [0, 0.05) is 25.2 Å². The molecule has 2 rings (SSSR count). The molecule has 0 unspecified atom stereocenters. The highest BCUT2D eigenvalue weighted by atomic mass is 32.2. The van der Waals surface area contributed by atoms with E-state index in [1.165, 1.54) is 19.4 Å². The normalized spacial score (nSPS) is 12.0. The van der Waals surface area contributed by atoms with Crippen LogP contribution in [-0.4, -0.2) is 29.7 Å². The largest absolute Gasteiger partial charge is 0.335 e. The summed E-state index contributed by atoms with van der Waals surface area (Å²) in [5.41, 5.74) is 0.0898. The number of aromatic amines is 1. The first-order valence-electron chi connectivity index (χ1n) is 5.30. The van der Waals surface area contributed by atoms with Crippen molar-refractivity contribution in [3.63, 3.8) is 0 Å². The van der Waals surface area contributed by atoms with Crippen LogP contribution < -0.4 is 0 Å². The van der Waals surface area contributed by atoms with Crippen molar-refractivity contribution in [3.8, 4) is 0 Å². The lowest BCUT2D eigenvalue weighted by Crippen LogP contribution is -2.27. The third-order valence-electron chi connectivity index (χ3n) is 2.57. The van der Waals surface area contributed by atoms with Crippen molar-refractivity contribution < 1.29 is 17.2 Å². The second kappa shape index (κ2) is 5.06. The van der Waals surface area contributed by atoms with E-state index in [-0.39, 0.29) is 17.1 Å². The van der Waals surface area contributed by atoms with E-state index in [2.05, 4.69) is 9.97 Å². The maximum Gasteiger partial charge on any atom is 0.260 e. The maximum atomic E-state index is 13.5. The molecule has 1 heterocycles. The molecule has 0 saturated carbocycles. The number of benzene rings is 1. The van der Waals surface area contributed by atoms with Gasteiger partial charge in [-0.1, -0.05) is 6.07 Å². The second-order valence-electron chi connectivity index (χ2n) is 3.91. The van der Waals surface area contributed by atoms with Crippen LogP contribution in [0.1, 0.15) is 5.56 Å². The lowest BCUT2D eigenvalue weighted by molar-refractivity contribution is 0.452. The van der Waals surface area contributed by atoms with Crippen LogP contribution in [0.2, 0.25) is 0 Å². The molecule has 5 nitrogen and oxygen atoms in total. The molecule has 0 amide bonds. The zero-order valence-corrected chi connectivity index (χ0v) is 10.8. The number of H-pyrrole nitrogens is 1. The molecule has 0 aliphatic rings. The molecular weight excluding hydrogens is 276 g/mol. The molecule has 102 valence electrons. The number of sulfonamides is 1. The topological polar surface area (TPSA) is 66.1 Å². The average Bonchev–Trinajstić information content (AvgIpc) is 2.86. The molecule has 1 aromatic heterocycles. The van der Waals surface area contributed by atoms with Gasteiger partial charge < -0.3 is 4.98 Å². The maximum absolute atomic E-state index is 13.5. The number of aromatic nitrogens is 2. The fourth-order valence-corrected chi connectivity index (χ4v) is 2.57. The lowest BCUT2D eigenvalue weighted by atomic mass is 10.2. The van der Waals surface area contributed by atoms with E-state index in [0.717, 1.165) is 16.6 Å². The number of halogens is 2. The third kappa shape index (κ3) is 2.79. The van der Waals surface area contributed by atoms with Gasteiger partial charge in [0.25, 0.3) is 10.0 Å². The van der Waals surface area contributed by atoms with Crippen molar-refractivity contribution in [3.05, 3.63) is 47.9 Å². The molecule has 0 aliphatic carbocycles. The third-order valence-corrected chi connectivity index (χ3v) is 4.30. The average molecular weight is 287 g/mol. The van der Waals surface area contributed by atoms with E-state index in [9.17, 15) is 17.2 Å². The Hall–Kier alpha value is -1.80. The molecule has 0 atom stereocenters. The highest BCUT2D eigenvalue weighted by Crippen LogP contribution is 2.16. The zero-order valence-electron chi connectivity index (χ0n) is 9.97. The lowest BCUT2D eigenvalue weighted by Gasteiger charge is -2.16. The van der Waals surface area contributed by atoms with E-state index in [1.807, 2.05) is 0 Å². The van der Waals surface area contributed by atoms with Crippen molar-refractivity contribution in [2.45, 2.75) is 11.6 Å². The Morgan fingerprint density at radius 2 is 2.11 bits per heavy atom. The Kier molecular flexibility index (Phi) is 3.63. The summed E-state index contributed by atoms with van der Waals surface area (Å²) in [6, 6.07) is 3.00. The number of hydrogen-bond acceptors (Lipinski definition) is 3. The summed E-state index contributed by atoms with van der Waals surface area (Å²) < 4.78 is 51.2. The molecule has 2 aromatic rings. The van der Waals surface area contributed by atoms with Gasteiger partial charge in [-0.05, 0) is 6.07 Å². The van der Waals surface area contributed by atoms with Crippen LogP contribution in [0, 0.1) is 11.6 Å². The van der Waals surface area contributed by atoms with Gasteiger partial charge >= 0.3 is 0 Å². The number of imidazole rings is 1. The number of nitrogens with one attached hydrogen (secondary N) is 1. The molecule has 0 aliphatic heterocycles. The van der Waals surface area contributed by atoms with Gasteiger partial charge in [-0.2, -0.15) is 4.31 Å². The molecule has 19 heavy (non-hydrogen) atoms. The Bertz CT molecular complexity index is 671. The van der Waals surface area contributed by atoms with Crippen molar-refractivity contribution in [2.75, 3.05) is 7.05 Å². The van der Waals surface area contributed by atoms with Crippen LogP contribution in [-0.2, 0) is 16.6 Å². The second-order valence-corrected chi connectivity index (χ2v) is 5.93. The standard InChI is InChI=1S/C11H11F2N3O2S/c1-16(19(17,18)11-5-14-7-15-11)6-8-2-3-9(12)4-10(8)13/h2-5,7H,6H2,1H3,(H,14,15). The first-order chi connectivity index (χ1) is 8.91. The number of nitrogens with zero attached hydrogens (tertiary/aromatic N) is 2. The summed E-state index contributed by atoms with van der Waals surface area (Å²) in [6.07, 6.45) is 2.39. The summed E-state index contributed by atoms with van der Waals surface area (Å²) >= 11 is 0. The van der Waals surface area contributed by atoms with Crippen LogP contribution in [0.15, 0.2) is 35.7 Å². The van der Waals surface area contributed by atoms with E-state index in [4.69, 9.17) is 0 Å². The van der Waals surface area contributed by atoms with E-state index >= 15 is 0 Å². The molecule has 0 spiro atoms. The molecule has 0 saturated heterocycles. The smallest absolute Gasteiger partial charge is 0.260 e. The fourth-order valence-electron chi connectivity index (χ4n) is 1.53. The Balaban J connectivity index is 2.24. The molecular formula is C11H11F2N3O2S. The highest BCUT2D eigenvalue weighted by Gasteiger charge is 2.23. The predicted molar refractivity (Wildman–Crippen MR) is 63.6 cm³/mol. The van der Waals surface area contributed by atoms with Crippen LogP contribution >= 0.6 is 0 Å². The first-order valence-corrected chi connectivity index (χ1v) is 6.74. The van der Waals surface area contributed by atoms with E-state index in [0.29, 0.717) is 6.07 Å². The van der Waals surface area contributed by atoms with Gasteiger partial charge in [-0.3, -0.25) is 0 Å². The molecule has 0 radical (unpaired) electrons. The van der Waals surface area contributed by atoms with Crippen LogP contribution in [0.5, 0.6) is 0 Å². The quantitative estimate of drug-likeness (QED) is 0.927. The van der Waals surface area contributed by atoms with Gasteiger partial charge in [-0.15, -0.1) is 0 Å². The minimum atomic E-state index is -3.77. The van der Waals surface area contributed by atoms with Crippen molar-refractivity contribution in [2.24, 2.45) is 0 Å². The molecule has 0 fully saturated rings. The van der Waals surface area contributed by atoms with Crippen molar-refractivity contribution in [1.29, 1.82) is 0 Å². The Morgan fingerprint density at radius 3 is 2.68 bits per heavy atom. The summed E-state index contributed by atoms with van der Waals surface area (Å²) in [4.78, 5) is 6.10. The highest BCUT2D eigenvalue weighted by molar-refractivity contribution is 7.89. The van der Waals surface area contributed by atoms with Crippen molar-refractivity contribution in [1.82, 2.24) is 14.3 Å². The first kappa shape index (κ1) is 13.6. The SMILES string of the molecule is CN(Cc1ccc(F)cc1F)S(=O)(=O)c1cnc[nH]1. The zero-order chi connectivity index (χ0) is 14.0. The minimum absolute atomic E-state index is 0.0856. The van der Waals surface area contributed by atoms with E-state index < -0.39 is 21.7 Å². The predicted octanol–water partition coefficient (Wildman–Crippen LogP) is 1.51. The fraction of sp³-hybridized carbons (Fsp3) is 0.182. The Labute approximate surface area is 108 Å². The van der Waals surface area contributed by atoms with Crippen LogP contribution in [0.4, 0.5) is 8.78 Å². The van der Waals surface area contributed by atoms with Gasteiger partial charge in [0.1, 0.15) is 11.6 Å². The monoisotopic (exact) mass is 287 g/mol. The number of rotatable bonds is 4. The molecule has 1 N–H and O–H groups in total. The van der Waals surface area contributed by atoms with Crippen LogP contribution in [0.25, 0.3) is 0 Å². The van der Waals surface area contributed by atoms with Gasteiger partial charge in [-0.25, -0.2) is 22.2 Å². The summed E-state index contributed by atoms with van der Waals surface area (Å²) in [7, 11) is -2.46. The van der Waals surface area contributed by atoms with Crippen molar-refractivity contribution >= 4 is 10.0 Å². The summed E-state index contributed by atoms with van der Waals surface area (Å²) in [5, 5.41) is -0.0856. The van der Waals surface area contributed by atoms with Gasteiger partial charge in [0.05, 0.1) is 12.5 Å². The molecule has 1 aromatic carbocycles. The van der Waals surface area contributed by atoms with E-state index in [1.54, 1.807) is 0 Å².